The van der Waals surface area contributed by atoms with Crippen LogP contribution in [0.3, 0.4) is 0 Å². The minimum atomic E-state index is -1.00. The summed E-state index contributed by atoms with van der Waals surface area (Å²) in [6, 6.07) is 5.77. The molecule has 0 saturated heterocycles. The number of aromatic nitrogens is 2. The Morgan fingerprint density at radius 1 is 1.35 bits per heavy atom. The fourth-order valence-electron chi connectivity index (χ4n) is 1.67. The molecule has 2 rings (SSSR count). The maximum absolute atomic E-state index is 10.9. The van der Waals surface area contributed by atoms with Crippen LogP contribution in [0.15, 0.2) is 28.9 Å². The van der Waals surface area contributed by atoms with Crippen molar-refractivity contribution >= 4 is 21.9 Å². The molecule has 0 fully saturated rings. The number of rotatable bonds is 2. The van der Waals surface area contributed by atoms with E-state index >= 15 is 0 Å². The van der Waals surface area contributed by atoms with Gasteiger partial charge in [0.15, 0.2) is 5.69 Å². The highest BCUT2D eigenvalue weighted by atomic mass is 79.9. The molecule has 17 heavy (non-hydrogen) atoms. The van der Waals surface area contributed by atoms with Crippen molar-refractivity contribution in [2.24, 2.45) is 0 Å². The van der Waals surface area contributed by atoms with Gasteiger partial charge in [-0.2, -0.15) is 5.10 Å². The van der Waals surface area contributed by atoms with Gasteiger partial charge in [-0.05, 0) is 37.6 Å². The van der Waals surface area contributed by atoms with E-state index in [1.165, 1.54) is 0 Å². The Balaban J connectivity index is 2.53. The van der Waals surface area contributed by atoms with Crippen molar-refractivity contribution in [3.05, 3.63) is 45.7 Å². The number of aryl methyl sites for hydroxylation is 2. The van der Waals surface area contributed by atoms with Crippen LogP contribution in [0.4, 0.5) is 0 Å². The molecule has 0 amide bonds. The summed E-state index contributed by atoms with van der Waals surface area (Å²) in [5, 5.41) is 13.0. The Kier molecular flexibility index (Phi) is 3.02. The second-order valence-corrected chi connectivity index (χ2v) is 4.76. The van der Waals surface area contributed by atoms with Crippen molar-refractivity contribution in [2.75, 3.05) is 0 Å². The van der Waals surface area contributed by atoms with Crippen molar-refractivity contribution in [3.63, 3.8) is 0 Å². The molecule has 2 aromatic rings. The molecule has 4 nitrogen and oxygen atoms in total. The van der Waals surface area contributed by atoms with E-state index < -0.39 is 5.97 Å². The van der Waals surface area contributed by atoms with Gasteiger partial charge in [0, 0.05) is 16.2 Å². The highest BCUT2D eigenvalue weighted by Gasteiger charge is 2.13. The monoisotopic (exact) mass is 294 g/mol. The predicted molar refractivity (Wildman–Crippen MR) is 67.7 cm³/mol. The molecule has 0 aliphatic rings. The molecule has 0 unspecified atom stereocenters. The van der Waals surface area contributed by atoms with Crippen molar-refractivity contribution in [3.8, 4) is 5.69 Å². The molecule has 5 heteroatoms. The van der Waals surface area contributed by atoms with E-state index in [2.05, 4.69) is 21.0 Å². The summed E-state index contributed by atoms with van der Waals surface area (Å²) < 4.78 is 2.58. The molecule has 0 aliphatic carbocycles. The molecule has 1 aromatic carbocycles. The van der Waals surface area contributed by atoms with Gasteiger partial charge in [0.25, 0.3) is 0 Å². The molecule has 0 aliphatic heterocycles. The number of carbonyl (C=O) groups is 1. The highest BCUT2D eigenvalue weighted by Crippen LogP contribution is 2.20. The maximum atomic E-state index is 10.9. The Morgan fingerprint density at radius 2 is 2.06 bits per heavy atom. The SMILES string of the molecule is Cc1cc(Br)ccc1-n1cc(C)c(C(=O)O)n1. The van der Waals surface area contributed by atoms with Crippen LogP contribution in [0.1, 0.15) is 21.6 Å². The summed E-state index contributed by atoms with van der Waals surface area (Å²) in [7, 11) is 0. The van der Waals surface area contributed by atoms with E-state index in [9.17, 15) is 4.79 Å². The lowest BCUT2D eigenvalue weighted by Crippen LogP contribution is -2.02. The molecule has 0 radical (unpaired) electrons. The minimum absolute atomic E-state index is 0.0901. The average Bonchev–Trinajstić information content (AvgIpc) is 2.60. The van der Waals surface area contributed by atoms with Crippen LogP contribution in [0.25, 0.3) is 5.69 Å². The number of nitrogens with zero attached hydrogens (tertiary/aromatic N) is 2. The van der Waals surface area contributed by atoms with Crippen LogP contribution in [-0.2, 0) is 0 Å². The van der Waals surface area contributed by atoms with Gasteiger partial charge in [-0.1, -0.05) is 15.9 Å². The lowest BCUT2D eigenvalue weighted by Gasteiger charge is -2.05. The quantitative estimate of drug-likeness (QED) is 0.926. The Bertz CT molecular complexity index is 590. The summed E-state index contributed by atoms with van der Waals surface area (Å²) in [6.45, 7) is 3.69. The third-order valence-electron chi connectivity index (χ3n) is 2.51. The zero-order valence-electron chi connectivity index (χ0n) is 9.44. The van der Waals surface area contributed by atoms with Crippen LogP contribution in [0.5, 0.6) is 0 Å². The summed E-state index contributed by atoms with van der Waals surface area (Å²) in [6.07, 6.45) is 1.72. The molecule has 1 N–H and O–H groups in total. The van der Waals surface area contributed by atoms with E-state index in [-0.39, 0.29) is 5.69 Å². The van der Waals surface area contributed by atoms with Crippen LogP contribution in [-0.4, -0.2) is 20.9 Å². The predicted octanol–water partition coefficient (Wildman–Crippen LogP) is 2.95. The van der Waals surface area contributed by atoms with Gasteiger partial charge in [0.2, 0.25) is 0 Å². The molecular formula is C12H11BrN2O2. The zero-order valence-corrected chi connectivity index (χ0v) is 11.0. The molecule has 0 atom stereocenters. The molecule has 1 heterocycles. The highest BCUT2D eigenvalue weighted by molar-refractivity contribution is 9.10. The van der Waals surface area contributed by atoms with Crippen LogP contribution in [0, 0.1) is 13.8 Å². The lowest BCUT2D eigenvalue weighted by atomic mass is 10.2. The van der Waals surface area contributed by atoms with Crippen molar-refractivity contribution in [1.82, 2.24) is 9.78 Å². The number of hydrogen-bond acceptors (Lipinski definition) is 2. The first-order valence-electron chi connectivity index (χ1n) is 5.05. The van der Waals surface area contributed by atoms with E-state index in [0.717, 1.165) is 15.7 Å². The largest absolute Gasteiger partial charge is 0.476 e. The summed E-state index contributed by atoms with van der Waals surface area (Å²) in [5.41, 5.74) is 2.65. The molecule has 0 spiro atoms. The van der Waals surface area contributed by atoms with E-state index in [1.54, 1.807) is 17.8 Å². The number of carboxylic acids is 1. The second-order valence-electron chi connectivity index (χ2n) is 3.84. The van der Waals surface area contributed by atoms with Crippen LogP contribution in [0.2, 0.25) is 0 Å². The summed E-state index contributed by atoms with van der Waals surface area (Å²) in [4.78, 5) is 10.9. The Morgan fingerprint density at radius 3 is 2.59 bits per heavy atom. The van der Waals surface area contributed by atoms with Gasteiger partial charge in [0.05, 0.1) is 5.69 Å². The van der Waals surface area contributed by atoms with Gasteiger partial charge in [-0.3, -0.25) is 0 Å². The summed E-state index contributed by atoms with van der Waals surface area (Å²) >= 11 is 3.39. The normalized spacial score (nSPS) is 10.5. The number of carboxylic acid groups (broad SMARTS) is 1. The van der Waals surface area contributed by atoms with Gasteiger partial charge >= 0.3 is 5.97 Å². The van der Waals surface area contributed by atoms with Crippen molar-refractivity contribution < 1.29 is 9.90 Å². The molecule has 0 saturated carbocycles. The lowest BCUT2D eigenvalue weighted by molar-refractivity contribution is 0.0689. The first-order valence-corrected chi connectivity index (χ1v) is 5.84. The third kappa shape index (κ3) is 2.24. The second kappa shape index (κ2) is 4.33. The van der Waals surface area contributed by atoms with Gasteiger partial charge in [0.1, 0.15) is 0 Å². The molecule has 0 bridgehead atoms. The van der Waals surface area contributed by atoms with Gasteiger partial charge in [-0.25, -0.2) is 9.48 Å². The molecular weight excluding hydrogens is 284 g/mol. The van der Waals surface area contributed by atoms with Gasteiger partial charge < -0.3 is 5.11 Å². The topological polar surface area (TPSA) is 55.1 Å². The van der Waals surface area contributed by atoms with Crippen LogP contribution >= 0.6 is 15.9 Å². The standard InChI is InChI=1S/C12H11BrN2O2/c1-7-5-9(13)3-4-10(7)15-6-8(2)11(14-15)12(16)17/h3-6H,1-2H3,(H,16,17). The first-order chi connectivity index (χ1) is 7.99. The van der Waals surface area contributed by atoms with E-state index in [1.807, 2.05) is 25.1 Å². The number of benzene rings is 1. The summed E-state index contributed by atoms with van der Waals surface area (Å²) in [5.74, 6) is -1.00. The smallest absolute Gasteiger partial charge is 0.356 e. The van der Waals surface area contributed by atoms with Gasteiger partial charge in [-0.15, -0.1) is 0 Å². The zero-order chi connectivity index (χ0) is 12.6. The van der Waals surface area contributed by atoms with Crippen molar-refractivity contribution in [2.45, 2.75) is 13.8 Å². The fourth-order valence-corrected chi connectivity index (χ4v) is 2.15. The Labute approximate surface area is 107 Å². The minimum Gasteiger partial charge on any atom is -0.476 e. The maximum Gasteiger partial charge on any atom is 0.356 e. The molecule has 88 valence electrons. The van der Waals surface area contributed by atoms with Crippen molar-refractivity contribution in [1.29, 1.82) is 0 Å². The molecule has 1 aromatic heterocycles. The number of aromatic carboxylic acids is 1. The average molecular weight is 295 g/mol. The fraction of sp³-hybridized carbons (Fsp3) is 0.167. The van der Waals surface area contributed by atoms with E-state index in [4.69, 9.17) is 5.11 Å². The third-order valence-corrected chi connectivity index (χ3v) is 3.00. The van der Waals surface area contributed by atoms with Crippen LogP contribution < -0.4 is 0 Å². The number of hydrogen-bond donors (Lipinski definition) is 1. The Hall–Kier alpha value is -1.62. The van der Waals surface area contributed by atoms with E-state index in [0.29, 0.717) is 5.56 Å². The first kappa shape index (κ1) is 11.9. The number of halogens is 1.